The van der Waals surface area contributed by atoms with Crippen molar-refractivity contribution in [2.24, 2.45) is 11.7 Å². The maximum atomic E-state index is 13.7. The maximum Gasteiger partial charge on any atom is 0.472 e. The number of primary amides is 1. The summed E-state index contributed by atoms with van der Waals surface area (Å²) in [6.45, 7) is 5.66. The Morgan fingerprint density at radius 3 is 2.10 bits per heavy atom. The van der Waals surface area contributed by atoms with Gasteiger partial charge in [-0.1, -0.05) is 82.7 Å². The van der Waals surface area contributed by atoms with Crippen LogP contribution >= 0.6 is 7.82 Å². The van der Waals surface area contributed by atoms with Gasteiger partial charge in [0.15, 0.2) is 0 Å². The van der Waals surface area contributed by atoms with Gasteiger partial charge in [-0.2, -0.15) is 0 Å². The number of unbranched alkanes of at least 4 members (excludes halogenated alkanes) is 7. The first-order valence-corrected chi connectivity index (χ1v) is 23.1. The zero-order chi connectivity index (χ0) is 45.7. The average Bonchev–Trinajstić information content (AvgIpc) is 3.93. The molecule has 1 aliphatic heterocycles. The number of amides is 6. The number of likely N-dealkylation sites (tertiary alicyclic amines) is 1. The summed E-state index contributed by atoms with van der Waals surface area (Å²) in [5, 5.41) is 20.1. The lowest BCUT2D eigenvalue weighted by Crippen LogP contribution is -2.61. The standard InChI is InChI=1S/C42H67N8O11P/c1-28(2)23-33(47-42(57)36-20-16-21-50(36)30(4)52)39(54)46-34(24-32-25-44-27-45-32)40(55)48-35(26-51)41(56)49-37(38(43)53)29(3)61-62(58,59)60-22-15-10-8-6-5-7-9-12-17-31-18-13-11-14-19-31/h11,13-14,18-19,25,27-29,33-37,51H,5-10,12,15-17,20-24,26H2,1-4H3,(H2,43,53)(H,44,45)(H,46,54)(H,47,57)(H,48,55)(H,49,56)(H,58,59). The molecule has 0 radical (unpaired) electrons. The number of carbonyl (C=O) groups is 6. The number of phosphoric acid groups is 1. The number of aliphatic hydroxyl groups is 1. The molecule has 2 aromatic rings. The number of phosphoric ester groups is 1. The number of nitrogens with two attached hydrogens (primary N) is 1. The monoisotopic (exact) mass is 890 g/mol. The van der Waals surface area contributed by atoms with Crippen LogP contribution in [-0.4, -0.2) is 116 Å². The van der Waals surface area contributed by atoms with Gasteiger partial charge in [0.1, 0.15) is 30.2 Å². The molecule has 7 atom stereocenters. The van der Waals surface area contributed by atoms with E-state index in [9.17, 15) is 43.3 Å². The Morgan fingerprint density at radius 2 is 1.50 bits per heavy atom. The molecule has 6 amide bonds. The summed E-state index contributed by atoms with van der Waals surface area (Å²) < 4.78 is 23.0. The summed E-state index contributed by atoms with van der Waals surface area (Å²) in [5.41, 5.74) is 7.29. The van der Waals surface area contributed by atoms with Gasteiger partial charge in [-0.25, -0.2) is 9.55 Å². The van der Waals surface area contributed by atoms with E-state index >= 15 is 0 Å². The van der Waals surface area contributed by atoms with Crippen LogP contribution in [0.3, 0.4) is 0 Å². The molecule has 3 rings (SSSR count). The molecule has 0 spiro atoms. The third kappa shape index (κ3) is 18.3. The minimum absolute atomic E-state index is 0.0670. The molecule has 1 aromatic carbocycles. The number of rotatable bonds is 29. The number of hydrogen-bond donors (Lipinski definition) is 8. The van der Waals surface area contributed by atoms with Crippen molar-refractivity contribution < 1.29 is 52.4 Å². The van der Waals surface area contributed by atoms with Crippen LogP contribution in [0.2, 0.25) is 0 Å². The van der Waals surface area contributed by atoms with Gasteiger partial charge in [-0.15, -0.1) is 0 Å². The van der Waals surface area contributed by atoms with Gasteiger partial charge >= 0.3 is 7.82 Å². The first-order valence-electron chi connectivity index (χ1n) is 21.6. The van der Waals surface area contributed by atoms with Crippen molar-refractivity contribution in [3.8, 4) is 0 Å². The van der Waals surface area contributed by atoms with E-state index < -0.39 is 80.3 Å². The first-order chi connectivity index (χ1) is 29.5. The lowest BCUT2D eigenvalue weighted by Gasteiger charge is -2.28. The van der Waals surface area contributed by atoms with Gasteiger partial charge in [0, 0.05) is 31.8 Å². The smallest absolute Gasteiger partial charge is 0.394 e. The van der Waals surface area contributed by atoms with E-state index in [1.165, 1.54) is 36.8 Å². The number of aromatic nitrogens is 2. The highest BCUT2D eigenvalue weighted by Gasteiger charge is 2.37. The zero-order valence-electron chi connectivity index (χ0n) is 36.4. The third-order valence-corrected chi connectivity index (χ3v) is 11.7. The molecular weight excluding hydrogens is 823 g/mol. The van der Waals surface area contributed by atoms with E-state index in [4.69, 9.17) is 14.8 Å². The maximum absolute atomic E-state index is 13.7. The summed E-state index contributed by atoms with van der Waals surface area (Å²) in [4.78, 5) is 97.2. The number of hydrogen-bond acceptors (Lipinski definition) is 11. The predicted octanol–water partition coefficient (Wildman–Crippen LogP) is 2.31. The average molecular weight is 891 g/mol. The number of aromatic amines is 1. The molecule has 0 saturated carbocycles. The molecule has 7 unspecified atom stereocenters. The van der Waals surface area contributed by atoms with E-state index in [0.717, 1.165) is 51.4 Å². The molecular formula is C42H67N8O11P. The molecule has 346 valence electrons. The summed E-state index contributed by atoms with van der Waals surface area (Å²) in [6, 6.07) is 3.81. The second-order valence-electron chi connectivity index (χ2n) is 16.2. The van der Waals surface area contributed by atoms with Crippen LogP contribution in [0.5, 0.6) is 0 Å². The molecule has 0 bridgehead atoms. The van der Waals surface area contributed by atoms with E-state index in [-0.39, 0.29) is 31.3 Å². The Morgan fingerprint density at radius 1 is 0.887 bits per heavy atom. The van der Waals surface area contributed by atoms with Crippen LogP contribution in [-0.2, 0) is 55.2 Å². The number of H-pyrrole nitrogens is 1. The number of benzene rings is 1. The highest BCUT2D eigenvalue weighted by molar-refractivity contribution is 7.47. The van der Waals surface area contributed by atoms with Crippen LogP contribution in [0.4, 0.5) is 0 Å². The molecule has 1 aromatic heterocycles. The summed E-state index contributed by atoms with van der Waals surface area (Å²) in [5.74, 6) is -4.68. The van der Waals surface area contributed by atoms with E-state index in [1.807, 2.05) is 32.0 Å². The van der Waals surface area contributed by atoms with Crippen molar-refractivity contribution in [1.82, 2.24) is 36.1 Å². The Kier molecular flexibility index (Phi) is 22.3. The van der Waals surface area contributed by atoms with Crippen molar-refractivity contribution in [3.05, 3.63) is 54.1 Å². The van der Waals surface area contributed by atoms with Crippen LogP contribution in [0.1, 0.15) is 110 Å². The lowest BCUT2D eigenvalue weighted by molar-refractivity contribution is -0.139. The van der Waals surface area contributed by atoms with Crippen LogP contribution in [0.15, 0.2) is 42.9 Å². The molecule has 2 heterocycles. The molecule has 0 aliphatic carbocycles. The number of aryl methyl sites for hydroxylation is 1. The quantitative estimate of drug-likeness (QED) is 0.0432. The summed E-state index contributed by atoms with van der Waals surface area (Å²) in [6.07, 6.45) is 11.3. The Labute approximate surface area is 364 Å². The predicted molar refractivity (Wildman–Crippen MR) is 230 cm³/mol. The Hall–Kier alpha value is -4.68. The summed E-state index contributed by atoms with van der Waals surface area (Å²) in [7, 11) is -4.70. The van der Waals surface area contributed by atoms with Crippen molar-refractivity contribution in [3.63, 3.8) is 0 Å². The van der Waals surface area contributed by atoms with E-state index in [0.29, 0.717) is 31.5 Å². The van der Waals surface area contributed by atoms with Crippen molar-refractivity contribution in [2.75, 3.05) is 19.8 Å². The second kappa shape index (κ2) is 26.7. The molecule has 1 aliphatic rings. The van der Waals surface area contributed by atoms with Gasteiger partial charge in [0.05, 0.1) is 25.6 Å². The Bertz CT molecular complexity index is 1770. The number of imidazole rings is 1. The van der Waals surface area contributed by atoms with Crippen molar-refractivity contribution in [1.29, 1.82) is 0 Å². The molecule has 20 heteroatoms. The van der Waals surface area contributed by atoms with Crippen molar-refractivity contribution >= 4 is 43.3 Å². The fourth-order valence-corrected chi connectivity index (χ4v) is 8.21. The van der Waals surface area contributed by atoms with Crippen LogP contribution < -0.4 is 27.0 Å². The molecule has 62 heavy (non-hydrogen) atoms. The fraction of sp³-hybridized carbons (Fsp3) is 0.643. The van der Waals surface area contributed by atoms with Gasteiger partial charge in [0.2, 0.25) is 35.4 Å². The molecule has 1 fully saturated rings. The van der Waals surface area contributed by atoms with Crippen molar-refractivity contribution in [2.45, 2.75) is 147 Å². The van der Waals surface area contributed by atoms with Gasteiger partial charge in [0.25, 0.3) is 0 Å². The minimum Gasteiger partial charge on any atom is -0.394 e. The van der Waals surface area contributed by atoms with E-state index in [2.05, 4.69) is 43.4 Å². The normalized spacial score (nSPS) is 17.3. The molecule has 19 nitrogen and oxygen atoms in total. The highest BCUT2D eigenvalue weighted by Crippen LogP contribution is 2.45. The van der Waals surface area contributed by atoms with Crippen LogP contribution in [0.25, 0.3) is 0 Å². The second-order valence-corrected chi connectivity index (χ2v) is 17.6. The Balaban J connectivity index is 1.52. The van der Waals surface area contributed by atoms with Crippen LogP contribution in [0, 0.1) is 5.92 Å². The number of nitrogens with one attached hydrogen (secondary N) is 5. The van der Waals surface area contributed by atoms with E-state index in [1.54, 1.807) is 0 Å². The zero-order valence-corrected chi connectivity index (χ0v) is 37.3. The number of carbonyl (C=O) groups excluding carboxylic acids is 6. The lowest BCUT2D eigenvalue weighted by atomic mass is 10.0. The largest absolute Gasteiger partial charge is 0.472 e. The van der Waals surface area contributed by atoms with Gasteiger partial charge in [-0.3, -0.25) is 37.8 Å². The van der Waals surface area contributed by atoms with Gasteiger partial charge in [-0.05, 0) is 56.9 Å². The molecule has 1 saturated heterocycles. The third-order valence-electron chi connectivity index (χ3n) is 10.6. The number of nitrogens with zero attached hydrogens (tertiary/aromatic N) is 2. The molecule has 9 N–H and O–H groups in total. The fourth-order valence-electron chi connectivity index (χ4n) is 7.24. The highest BCUT2D eigenvalue weighted by atomic mass is 31.2. The summed E-state index contributed by atoms with van der Waals surface area (Å²) >= 11 is 0. The topological polar surface area (TPSA) is 284 Å². The van der Waals surface area contributed by atoms with Gasteiger partial charge < -0.3 is 46.9 Å². The SMILES string of the molecule is CC(=O)N1CCCC1C(=O)NC(CC(C)C)C(=O)NC(Cc1cnc[nH]1)C(=O)NC(CO)C(=O)NC(C(N)=O)C(C)OP(=O)(O)OCCCCCCCCCCc1ccccc1. The first kappa shape index (κ1) is 51.7. The minimum atomic E-state index is -4.70. The number of aliphatic hydroxyl groups excluding tert-OH is 1.